The third kappa shape index (κ3) is 3.43. The zero-order valence-electron chi connectivity index (χ0n) is 13.3. The lowest BCUT2D eigenvalue weighted by atomic mass is 10.0. The number of benzene rings is 1. The Balaban J connectivity index is 1.55. The summed E-state index contributed by atoms with van der Waals surface area (Å²) in [5.74, 6) is 1.37. The molecule has 0 aromatic heterocycles. The predicted octanol–water partition coefficient (Wildman–Crippen LogP) is 3.29. The smallest absolute Gasteiger partial charge is 0.153 e. The van der Waals surface area contributed by atoms with E-state index in [4.69, 9.17) is 9.47 Å². The first-order chi connectivity index (χ1) is 10.8. The van der Waals surface area contributed by atoms with Crippen LogP contribution in [0.1, 0.15) is 48.9 Å². The minimum absolute atomic E-state index is 0.268. The van der Waals surface area contributed by atoms with Crippen LogP contribution in [-0.2, 0) is 0 Å². The number of carbonyl (C=O) groups excluding carboxylic acids is 1. The third-order valence-corrected chi connectivity index (χ3v) is 4.95. The number of aldehydes is 1. The number of hydrogen-bond acceptors (Lipinski definition) is 4. The number of piperidine rings is 1. The van der Waals surface area contributed by atoms with Crippen LogP contribution < -0.4 is 9.47 Å². The van der Waals surface area contributed by atoms with Crippen molar-refractivity contribution in [3.63, 3.8) is 0 Å². The second-order valence-electron chi connectivity index (χ2n) is 6.31. The highest BCUT2D eigenvalue weighted by Crippen LogP contribution is 2.29. The number of carbonyl (C=O) groups is 1. The second kappa shape index (κ2) is 7.14. The van der Waals surface area contributed by atoms with Crippen molar-refractivity contribution >= 4 is 6.29 Å². The van der Waals surface area contributed by atoms with Gasteiger partial charge >= 0.3 is 0 Å². The Morgan fingerprint density at radius 2 is 1.86 bits per heavy atom. The number of rotatable bonds is 5. The summed E-state index contributed by atoms with van der Waals surface area (Å²) in [5.41, 5.74) is 0.561. The van der Waals surface area contributed by atoms with Crippen molar-refractivity contribution in [3.8, 4) is 11.5 Å². The van der Waals surface area contributed by atoms with E-state index in [2.05, 4.69) is 4.90 Å². The largest absolute Gasteiger partial charge is 0.496 e. The Labute approximate surface area is 132 Å². The maximum Gasteiger partial charge on any atom is 0.153 e. The molecular formula is C18H25NO3. The molecule has 1 aliphatic carbocycles. The van der Waals surface area contributed by atoms with E-state index in [1.807, 2.05) is 12.1 Å². The van der Waals surface area contributed by atoms with Gasteiger partial charge in [-0.3, -0.25) is 4.79 Å². The van der Waals surface area contributed by atoms with Crippen LogP contribution in [0.3, 0.4) is 0 Å². The van der Waals surface area contributed by atoms with Crippen molar-refractivity contribution < 1.29 is 14.3 Å². The molecule has 3 rings (SSSR count). The van der Waals surface area contributed by atoms with Gasteiger partial charge in [0.05, 0.1) is 12.7 Å². The lowest BCUT2D eigenvalue weighted by molar-refractivity contribution is 0.0767. The van der Waals surface area contributed by atoms with Crippen LogP contribution in [0.2, 0.25) is 0 Å². The van der Waals surface area contributed by atoms with Crippen molar-refractivity contribution in [1.82, 2.24) is 4.90 Å². The van der Waals surface area contributed by atoms with E-state index in [1.54, 1.807) is 13.2 Å². The summed E-state index contributed by atoms with van der Waals surface area (Å²) in [6.07, 6.45) is 8.76. The van der Waals surface area contributed by atoms with Crippen molar-refractivity contribution in [3.05, 3.63) is 23.8 Å². The topological polar surface area (TPSA) is 38.8 Å². The summed E-state index contributed by atoms with van der Waals surface area (Å²) in [5, 5.41) is 0. The first-order valence-electron chi connectivity index (χ1n) is 8.34. The molecule has 0 bridgehead atoms. The number of methoxy groups -OCH3 is 1. The lowest BCUT2D eigenvalue weighted by Crippen LogP contribution is -2.43. The summed E-state index contributed by atoms with van der Waals surface area (Å²) in [4.78, 5) is 13.6. The Kier molecular flexibility index (Phi) is 4.98. The van der Waals surface area contributed by atoms with Crippen molar-refractivity contribution in [2.75, 3.05) is 20.2 Å². The summed E-state index contributed by atoms with van der Waals surface area (Å²) in [6, 6.07) is 6.24. The Hall–Kier alpha value is -1.55. The van der Waals surface area contributed by atoms with Crippen molar-refractivity contribution in [2.45, 2.75) is 50.7 Å². The standard InChI is InChI=1S/C18H25NO3/c1-21-18-12-17(7-6-14(18)13-20)22-16-8-10-19(11-9-16)15-4-2-3-5-15/h6-7,12-13,15-16H,2-5,8-11H2,1H3. The average Bonchev–Trinajstić information content (AvgIpc) is 3.10. The normalized spacial score (nSPS) is 21.0. The van der Waals surface area contributed by atoms with E-state index in [1.165, 1.54) is 25.7 Å². The van der Waals surface area contributed by atoms with Crippen LogP contribution in [0.15, 0.2) is 18.2 Å². The molecule has 2 aliphatic rings. The first kappa shape index (κ1) is 15.3. The Morgan fingerprint density at radius 3 is 2.50 bits per heavy atom. The van der Waals surface area contributed by atoms with Gasteiger partial charge in [-0.25, -0.2) is 0 Å². The minimum atomic E-state index is 0.268. The molecule has 0 N–H and O–H groups in total. The number of hydrogen-bond donors (Lipinski definition) is 0. The fraction of sp³-hybridized carbons (Fsp3) is 0.611. The Bertz CT molecular complexity index is 503. The van der Waals surface area contributed by atoms with Crippen LogP contribution in [0.5, 0.6) is 11.5 Å². The molecule has 0 unspecified atom stereocenters. The summed E-state index contributed by atoms with van der Waals surface area (Å²) in [6.45, 7) is 2.28. The second-order valence-corrected chi connectivity index (χ2v) is 6.31. The van der Waals surface area contributed by atoms with Gasteiger partial charge in [0.15, 0.2) is 6.29 Å². The molecule has 1 heterocycles. The van der Waals surface area contributed by atoms with E-state index < -0.39 is 0 Å². The molecule has 0 radical (unpaired) electrons. The fourth-order valence-electron chi connectivity index (χ4n) is 3.68. The number of nitrogens with zero attached hydrogens (tertiary/aromatic N) is 1. The summed E-state index contributed by atoms with van der Waals surface area (Å²) in [7, 11) is 1.58. The molecule has 0 atom stereocenters. The van der Waals surface area contributed by atoms with Gasteiger partial charge in [0.25, 0.3) is 0 Å². The molecular weight excluding hydrogens is 278 g/mol. The molecule has 0 spiro atoms. The quantitative estimate of drug-likeness (QED) is 0.782. The molecule has 4 heteroatoms. The van der Waals surface area contributed by atoms with E-state index >= 15 is 0 Å². The highest BCUT2D eigenvalue weighted by atomic mass is 16.5. The fourth-order valence-corrected chi connectivity index (χ4v) is 3.68. The van der Waals surface area contributed by atoms with Gasteiger partial charge in [-0.15, -0.1) is 0 Å². The van der Waals surface area contributed by atoms with Gasteiger partial charge in [-0.05, 0) is 37.8 Å². The molecule has 120 valence electrons. The summed E-state index contributed by atoms with van der Waals surface area (Å²) >= 11 is 0. The minimum Gasteiger partial charge on any atom is -0.496 e. The zero-order chi connectivity index (χ0) is 15.4. The zero-order valence-corrected chi connectivity index (χ0v) is 13.3. The number of likely N-dealkylation sites (tertiary alicyclic amines) is 1. The lowest BCUT2D eigenvalue weighted by Gasteiger charge is -2.36. The van der Waals surface area contributed by atoms with Crippen molar-refractivity contribution in [1.29, 1.82) is 0 Å². The SMILES string of the molecule is COc1cc(OC2CCN(C3CCCC3)CC2)ccc1C=O. The molecule has 1 saturated carbocycles. The maximum atomic E-state index is 10.9. The molecule has 1 aromatic rings. The van der Waals surface area contributed by atoms with Crippen molar-refractivity contribution in [2.24, 2.45) is 0 Å². The summed E-state index contributed by atoms with van der Waals surface area (Å²) < 4.78 is 11.3. The average molecular weight is 303 g/mol. The van der Waals surface area contributed by atoms with Crippen LogP contribution >= 0.6 is 0 Å². The monoisotopic (exact) mass is 303 g/mol. The van der Waals surface area contributed by atoms with Crippen LogP contribution in [0, 0.1) is 0 Å². The molecule has 1 aromatic carbocycles. The number of ether oxygens (including phenoxy) is 2. The van der Waals surface area contributed by atoms with Gasteiger partial charge in [0.2, 0.25) is 0 Å². The molecule has 2 fully saturated rings. The first-order valence-corrected chi connectivity index (χ1v) is 8.34. The maximum absolute atomic E-state index is 10.9. The Morgan fingerprint density at radius 1 is 1.14 bits per heavy atom. The van der Waals surface area contributed by atoms with Gasteiger partial charge in [0.1, 0.15) is 17.6 Å². The van der Waals surface area contributed by atoms with E-state index in [0.29, 0.717) is 11.3 Å². The molecule has 1 saturated heterocycles. The van der Waals surface area contributed by atoms with Gasteiger partial charge in [-0.2, -0.15) is 0 Å². The van der Waals surface area contributed by atoms with E-state index in [9.17, 15) is 4.79 Å². The van der Waals surface area contributed by atoms with Gasteiger partial charge in [-0.1, -0.05) is 12.8 Å². The van der Waals surface area contributed by atoms with Gasteiger partial charge in [0, 0.05) is 25.2 Å². The van der Waals surface area contributed by atoms with Gasteiger partial charge < -0.3 is 14.4 Å². The molecule has 22 heavy (non-hydrogen) atoms. The molecule has 0 amide bonds. The molecule has 1 aliphatic heterocycles. The van der Waals surface area contributed by atoms with E-state index in [-0.39, 0.29) is 6.10 Å². The predicted molar refractivity (Wildman–Crippen MR) is 85.9 cm³/mol. The van der Waals surface area contributed by atoms with Crippen LogP contribution in [-0.4, -0.2) is 43.5 Å². The third-order valence-electron chi connectivity index (χ3n) is 4.95. The van der Waals surface area contributed by atoms with E-state index in [0.717, 1.165) is 44.0 Å². The van der Waals surface area contributed by atoms with Crippen LogP contribution in [0.25, 0.3) is 0 Å². The molecule has 4 nitrogen and oxygen atoms in total. The highest BCUT2D eigenvalue weighted by molar-refractivity contribution is 5.79. The van der Waals surface area contributed by atoms with Crippen LogP contribution in [0.4, 0.5) is 0 Å². The highest BCUT2D eigenvalue weighted by Gasteiger charge is 2.27.